The van der Waals surface area contributed by atoms with Gasteiger partial charge >= 0.3 is 0 Å². The highest BCUT2D eigenvalue weighted by atomic mass is 35.5. The van der Waals surface area contributed by atoms with E-state index in [1.807, 2.05) is 53.1 Å². The SMILES string of the molecule is COc1ccc(-c2[nH]c3ccccc3c2CCC(=O)NCc2cn3cc(Cl)ccc3n2)cc1. The highest BCUT2D eigenvalue weighted by Gasteiger charge is 2.15. The van der Waals surface area contributed by atoms with Gasteiger partial charge in [-0.3, -0.25) is 4.79 Å². The predicted molar refractivity (Wildman–Crippen MR) is 131 cm³/mol. The topological polar surface area (TPSA) is 71.4 Å². The average Bonchev–Trinajstić information content (AvgIpc) is 3.42. The number of fused-ring (bicyclic) bond motifs is 2. The van der Waals surface area contributed by atoms with Gasteiger partial charge in [0.05, 0.1) is 24.4 Å². The van der Waals surface area contributed by atoms with Crippen molar-refractivity contribution in [2.75, 3.05) is 7.11 Å². The van der Waals surface area contributed by atoms with Crippen molar-refractivity contribution in [1.82, 2.24) is 19.7 Å². The van der Waals surface area contributed by atoms with E-state index < -0.39 is 0 Å². The van der Waals surface area contributed by atoms with Crippen LogP contribution in [0.4, 0.5) is 0 Å². The fourth-order valence-electron chi connectivity index (χ4n) is 4.08. The number of imidazole rings is 1. The van der Waals surface area contributed by atoms with Crippen molar-refractivity contribution < 1.29 is 9.53 Å². The summed E-state index contributed by atoms with van der Waals surface area (Å²) >= 11 is 6.03. The fourth-order valence-corrected chi connectivity index (χ4v) is 4.25. The number of hydrogen-bond acceptors (Lipinski definition) is 3. The minimum absolute atomic E-state index is 0.0175. The van der Waals surface area contributed by atoms with Gasteiger partial charge < -0.3 is 19.4 Å². The van der Waals surface area contributed by atoms with Crippen LogP contribution in [0.5, 0.6) is 5.75 Å². The van der Waals surface area contributed by atoms with E-state index in [0.717, 1.165) is 44.8 Å². The Morgan fingerprint density at radius 1 is 1.09 bits per heavy atom. The summed E-state index contributed by atoms with van der Waals surface area (Å²) < 4.78 is 7.14. The number of rotatable bonds is 7. The molecule has 0 atom stereocenters. The number of amides is 1. The van der Waals surface area contributed by atoms with Crippen molar-refractivity contribution in [3.8, 4) is 17.0 Å². The molecule has 3 aromatic heterocycles. The van der Waals surface area contributed by atoms with Gasteiger partial charge in [0, 0.05) is 35.4 Å². The fraction of sp³-hybridized carbons (Fsp3) is 0.154. The lowest BCUT2D eigenvalue weighted by Crippen LogP contribution is -2.23. The number of benzene rings is 2. The molecule has 2 N–H and O–H groups in total. The highest BCUT2D eigenvalue weighted by Crippen LogP contribution is 2.32. The minimum atomic E-state index is -0.0175. The summed E-state index contributed by atoms with van der Waals surface area (Å²) in [7, 11) is 1.66. The quantitative estimate of drug-likeness (QED) is 0.343. The summed E-state index contributed by atoms with van der Waals surface area (Å²) in [4.78, 5) is 20.7. The van der Waals surface area contributed by atoms with Crippen LogP contribution in [0, 0.1) is 0 Å². The maximum absolute atomic E-state index is 12.7. The molecular weight excluding hydrogens is 436 g/mol. The molecule has 0 saturated heterocycles. The number of aromatic nitrogens is 3. The third-order valence-electron chi connectivity index (χ3n) is 5.73. The van der Waals surface area contributed by atoms with Gasteiger partial charge in [-0.05, 0) is 60.0 Å². The highest BCUT2D eigenvalue weighted by molar-refractivity contribution is 6.30. The molecule has 33 heavy (non-hydrogen) atoms. The van der Waals surface area contributed by atoms with Crippen molar-refractivity contribution in [2.24, 2.45) is 0 Å². The second kappa shape index (κ2) is 9.00. The van der Waals surface area contributed by atoms with Crippen molar-refractivity contribution in [3.05, 3.63) is 89.3 Å². The molecule has 3 heterocycles. The second-order valence-electron chi connectivity index (χ2n) is 7.87. The van der Waals surface area contributed by atoms with Crippen LogP contribution in [0.3, 0.4) is 0 Å². The average molecular weight is 459 g/mol. The largest absolute Gasteiger partial charge is 0.497 e. The van der Waals surface area contributed by atoms with Gasteiger partial charge in [-0.15, -0.1) is 0 Å². The zero-order valence-electron chi connectivity index (χ0n) is 18.1. The van der Waals surface area contributed by atoms with E-state index >= 15 is 0 Å². The molecule has 166 valence electrons. The van der Waals surface area contributed by atoms with Crippen molar-refractivity contribution in [3.63, 3.8) is 0 Å². The maximum atomic E-state index is 12.7. The predicted octanol–water partition coefficient (Wildman–Crippen LogP) is 5.39. The number of nitrogens with zero attached hydrogens (tertiary/aromatic N) is 2. The molecule has 7 heteroatoms. The first-order valence-corrected chi connectivity index (χ1v) is 11.1. The van der Waals surface area contributed by atoms with Gasteiger partial charge in [-0.1, -0.05) is 29.8 Å². The zero-order chi connectivity index (χ0) is 22.8. The van der Waals surface area contributed by atoms with E-state index in [9.17, 15) is 4.79 Å². The maximum Gasteiger partial charge on any atom is 0.220 e. The van der Waals surface area contributed by atoms with Gasteiger partial charge in [0.2, 0.25) is 5.91 Å². The number of nitrogens with one attached hydrogen (secondary N) is 2. The van der Waals surface area contributed by atoms with Crippen molar-refractivity contribution >= 4 is 34.1 Å². The molecule has 0 radical (unpaired) electrons. The first kappa shape index (κ1) is 21.1. The molecule has 0 bridgehead atoms. The van der Waals surface area contributed by atoms with E-state index in [2.05, 4.69) is 27.4 Å². The summed E-state index contributed by atoms with van der Waals surface area (Å²) in [5, 5.41) is 4.76. The molecule has 0 aliphatic rings. The molecule has 2 aromatic carbocycles. The Morgan fingerprint density at radius 2 is 1.91 bits per heavy atom. The van der Waals surface area contributed by atoms with Gasteiger partial charge in [-0.25, -0.2) is 4.98 Å². The Morgan fingerprint density at radius 3 is 2.73 bits per heavy atom. The molecule has 5 aromatic rings. The number of pyridine rings is 1. The molecule has 0 aliphatic heterocycles. The molecule has 0 aliphatic carbocycles. The lowest BCUT2D eigenvalue weighted by atomic mass is 10.0. The molecule has 0 saturated carbocycles. The molecule has 6 nitrogen and oxygen atoms in total. The zero-order valence-corrected chi connectivity index (χ0v) is 18.9. The van der Waals surface area contributed by atoms with E-state index in [1.165, 1.54) is 0 Å². The number of aromatic amines is 1. The van der Waals surface area contributed by atoms with Gasteiger partial charge in [-0.2, -0.15) is 0 Å². The number of H-pyrrole nitrogens is 1. The van der Waals surface area contributed by atoms with Crippen LogP contribution < -0.4 is 10.1 Å². The smallest absolute Gasteiger partial charge is 0.220 e. The third kappa shape index (κ3) is 4.43. The van der Waals surface area contributed by atoms with E-state index in [-0.39, 0.29) is 5.91 Å². The summed E-state index contributed by atoms with van der Waals surface area (Å²) in [5.74, 6) is 0.793. The molecule has 5 rings (SSSR count). The summed E-state index contributed by atoms with van der Waals surface area (Å²) in [6.07, 6.45) is 4.68. The number of carbonyl (C=O) groups excluding carboxylic acids is 1. The minimum Gasteiger partial charge on any atom is -0.497 e. The molecular formula is C26H23ClN4O2. The Bertz CT molecular complexity index is 1440. The molecule has 0 unspecified atom stereocenters. The van der Waals surface area contributed by atoms with Crippen LogP contribution in [0.1, 0.15) is 17.7 Å². The van der Waals surface area contributed by atoms with Gasteiger partial charge in [0.1, 0.15) is 11.4 Å². The van der Waals surface area contributed by atoms with Crippen LogP contribution in [0.2, 0.25) is 5.02 Å². The van der Waals surface area contributed by atoms with Crippen LogP contribution >= 0.6 is 11.6 Å². The van der Waals surface area contributed by atoms with E-state index in [1.54, 1.807) is 19.4 Å². The Kier molecular flexibility index (Phi) is 5.75. The van der Waals surface area contributed by atoms with Crippen molar-refractivity contribution in [1.29, 1.82) is 0 Å². The lowest BCUT2D eigenvalue weighted by molar-refractivity contribution is -0.121. The van der Waals surface area contributed by atoms with Crippen LogP contribution in [-0.2, 0) is 17.8 Å². The number of carbonyl (C=O) groups is 1. The number of hydrogen-bond donors (Lipinski definition) is 2. The monoisotopic (exact) mass is 458 g/mol. The molecule has 0 spiro atoms. The third-order valence-corrected chi connectivity index (χ3v) is 5.95. The normalized spacial score (nSPS) is 11.2. The molecule has 1 amide bonds. The lowest BCUT2D eigenvalue weighted by Gasteiger charge is -2.07. The Hall–Kier alpha value is -3.77. The van der Waals surface area contributed by atoms with Crippen LogP contribution in [0.15, 0.2) is 73.1 Å². The first-order chi connectivity index (χ1) is 16.1. The van der Waals surface area contributed by atoms with Crippen LogP contribution in [-0.4, -0.2) is 27.4 Å². The van der Waals surface area contributed by atoms with Crippen LogP contribution in [0.25, 0.3) is 27.8 Å². The number of aryl methyl sites for hydroxylation is 1. The Balaban J connectivity index is 1.31. The summed E-state index contributed by atoms with van der Waals surface area (Å²) in [6.45, 7) is 0.372. The number of methoxy groups -OCH3 is 1. The van der Waals surface area contributed by atoms with E-state index in [0.29, 0.717) is 24.4 Å². The molecule has 0 fully saturated rings. The standard InChI is InChI=1S/C26H23ClN4O2/c1-33-20-9-6-17(7-10-20)26-22(21-4-2-3-5-23(21)30-26)11-13-25(32)28-14-19-16-31-15-18(27)8-12-24(31)29-19/h2-10,12,15-16,30H,11,13-14H2,1H3,(H,28,32). The van der Waals surface area contributed by atoms with Crippen molar-refractivity contribution in [2.45, 2.75) is 19.4 Å². The second-order valence-corrected chi connectivity index (χ2v) is 8.31. The van der Waals surface area contributed by atoms with E-state index in [4.69, 9.17) is 16.3 Å². The number of ether oxygens (including phenoxy) is 1. The number of halogens is 1. The first-order valence-electron chi connectivity index (χ1n) is 10.7. The number of para-hydroxylation sites is 1. The van der Waals surface area contributed by atoms with Gasteiger partial charge in [0.25, 0.3) is 0 Å². The Labute approximate surface area is 196 Å². The summed E-state index contributed by atoms with van der Waals surface area (Å²) in [5.41, 5.74) is 5.87. The summed E-state index contributed by atoms with van der Waals surface area (Å²) in [6, 6.07) is 19.8. The van der Waals surface area contributed by atoms with Gasteiger partial charge in [0.15, 0.2) is 0 Å².